The van der Waals surface area contributed by atoms with E-state index in [1.165, 1.54) is 12.8 Å². The lowest BCUT2D eigenvalue weighted by molar-refractivity contribution is -0.144. The fourth-order valence-electron chi connectivity index (χ4n) is 1.66. The van der Waals surface area contributed by atoms with Crippen LogP contribution in [0.5, 0.6) is 0 Å². The predicted octanol–water partition coefficient (Wildman–Crippen LogP) is 0.708. The summed E-state index contributed by atoms with van der Waals surface area (Å²) in [5.74, 6) is 0.334. The second-order valence-electron chi connectivity index (χ2n) is 4.39. The van der Waals surface area contributed by atoms with E-state index < -0.39 is 0 Å². The highest BCUT2D eigenvalue weighted by molar-refractivity contribution is 5.69. The van der Waals surface area contributed by atoms with Gasteiger partial charge in [0.15, 0.2) is 0 Å². The largest absolute Gasteiger partial charge is 0.465 e. The van der Waals surface area contributed by atoms with Gasteiger partial charge in [-0.1, -0.05) is 0 Å². The lowest BCUT2D eigenvalue weighted by Gasteiger charge is -2.08. The Morgan fingerprint density at radius 1 is 1.40 bits per heavy atom. The van der Waals surface area contributed by atoms with Crippen LogP contribution in [0.3, 0.4) is 0 Å². The van der Waals surface area contributed by atoms with Crippen LogP contribution in [0.4, 0.5) is 0 Å². The number of nitrogens with one attached hydrogen (secondary N) is 1. The van der Waals surface area contributed by atoms with Crippen LogP contribution in [0.15, 0.2) is 0 Å². The van der Waals surface area contributed by atoms with E-state index in [0.29, 0.717) is 25.0 Å². The molecule has 15 heavy (non-hydrogen) atoms. The topological polar surface area (TPSA) is 47.6 Å². The van der Waals surface area contributed by atoms with Crippen molar-refractivity contribution in [2.24, 2.45) is 5.92 Å². The molecule has 1 saturated carbocycles. The highest BCUT2D eigenvalue weighted by Gasteiger charge is 2.21. The first-order chi connectivity index (χ1) is 7.34. The molecule has 1 heterocycles. The van der Waals surface area contributed by atoms with Gasteiger partial charge in [-0.2, -0.15) is 0 Å². The Bertz CT molecular complexity index is 210. The van der Waals surface area contributed by atoms with Crippen molar-refractivity contribution >= 4 is 5.97 Å². The Hall–Kier alpha value is -0.610. The minimum absolute atomic E-state index is 0.0879. The van der Waals surface area contributed by atoms with Crippen molar-refractivity contribution in [3.63, 3.8) is 0 Å². The van der Waals surface area contributed by atoms with Crippen molar-refractivity contribution in [3.05, 3.63) is 0 Å². The molecule has 0 radical (unpaired) electrons. The van der Waals surface area contributed by atoms with Crippen LogP contribution in [0.25, 0.3) is 0 Å². The third-order valence-electron chi connectivity index (χ3n) is 2.84. The molecule has 0 aromatic carbocycles. The second kappa shape index (κ2) is 5.47. The van der Waals surface area contributed by atoms with E-state index >= 15 is 0 Å². The molecule has 2 rings (SSSR count). The van der Waals surface area contributed by atoms with Crippen LogP contribution in [-0.4, -0.2) is 38.4 Å². The van der Waals surface area contributed by atoms with Gasteiger partial charge in [-0.25, -0.2) is 0 Å². The standard InChI is InChI=1S/C11H19NO3/c13-11(3-5-12-10-1-2-10)15-8-9-4-6-14-7-9/h9-10,12H,1-8H2. The molecule has 0 amide bonds. The Balaban J connectivity index is 1.47. The average Bonchev–Trinajstić information content (AvgIpc) is 2.91. The zero-order chi connectivity index (χ0) is 10.5. The van der Waals surface area contributed by atoms with Crippen LogP contribution < -0.4 is 5.32 Å². The SMILES string of the molecule is O=C(CCNC1CC1)OCC1CCOC1. The summed E-state index contributed by atoms with van der Waals surface area (Å²) in [5.41, 5.74) is 0. The normalized spacial score (nSPS) is 25.5. The molecule has 4 heteroatoms. The molecule has 1 unspecified atom stereocenters. The number of ether oxygens (including phenoxy) is 2. The van der Waals surface area contributed by atoms with Crippen molar-refractivity contribution in [1.82, 2.24) is 5.32 Å². The molecule has 0 aromatic rings. The van der Waals surface area contributed by atoms with Gasteiger partial charge in [0.25, 0.3) is 0 Å². The van der Waals surface area contributed by atoms with Gasteiger partial charge < -0.3 is 14.8 Å². The summed E-state index contributed by atoms with van der Waals surface area (Å²) in [4.78, 5) is 11.3. The minimum Gasteiger partial charge on any atom is -0.465 e. The molecule has 1 saturated heterocycles. The summed E-state index contributed by atoms with van der Waals surface area (Å²) in [5, 5.41) is 3.29. The average molecular weight is 213 g/mol. The molecule has 1 atom stereocenters. The summed E-state index contributed by atoms with van der Waals surface area (Å²) in [7, 11) is 0. The van der Waals surface area contributed by atoms with Gasteiger partial charge in [-0.3, -0.25) is 4.79 Å². The Morgan fingerprint density at radius 3 is 2.93 bits per heavy atom. The van der Waals surface area contributed by atoms with Crippen molar-refractivity contribution < 1.29 is 14.3 Å². The number of esters is 1. The summed E-state index contributed by atoms with van der Waals surface area (Å²) in [6, 6.07) is 0.668. The van der Waals surface area contributed by atoms with Crippen LogP contribution in [0.2, 0.25) is 0 Å². The summed E-state index contributed by atoms with van der Waals surface area (Å²) in [6.07, 6.45) is 4.03. The zero-order valence-corrected chi connectivity index (χ0v) is 9.04. The zero-order valence-electron chi connectivity index (χ0n) is 9.04. The molecule has 4 nitrogen and oxygen atoms in total. The molecular formula is C11H19NO3. The minimum atomic E-state index is -0.0879. The van der Waals surface area contributed by atoms with E-state index in [1.807, 2.05) is 0 Å². The molecule has 0 bridgehead atoms. The van der Waals surface area contributed by atoms with E-state index in [1.54, 1.807) is 0 Å². The number of carbonyl (C=O) groups is 1. The van der Waals surface area contributed by atoms with E-state index in [4.69, 9.17) is 9.47 Å². The van der Waals surface area contributed by atoms with Crippen molar-refractivity contribution in [2.45, 2.75) is 31.7 Å². The molecule has 1 aliphatic carbocycles. The van der Waals surface area contributed by atoms with E-state index in [9.17, 15) is 4.79 Å². The fourth-order valence-corrected chi connectivity index (χ4v) is 1.66. The van der Waals surface area contributed by atoms with Crippen molar-refractivity contribution in [2.75, 3.05) is 26.4 Å². The van der Waals surface area contributed by atoms with Gasteiger partial charge in [0.05, 0.1) is 19.6 Å². The highest BCUT2D eigenvalue weighted by Crippen LogP contribution is 2.18. The van der Waals surface area contributed by atoms with Crippen molar-refractivity contribution in [3.8, 4) is 0 Å². The van der Waals surface area contributed by atoms with Gasteiger partial charge in [-0.15, -0.1) is 0 Å². The molecule has 1 aliphatic heterocycles. The highest BCUT2D eigenvalue weighted by atomic mass is 16.5. The summed E-state index contributed by atoms with van der Waals surface area (Å²) >= 11 is 0. The van der Waals surface area contributed by atoms with Crippen molar-refractivity contribution in [1.29, 1.82) is 0 Å². The molecule has 0 aromatic heterocycles. The smallest absolute Gasteiger partial charge is 0.307 e. The number of hydrogen-bond donors (Lipinski definition) is 1. The quantitative estimate of drug-likeness (QED) is 0.660. The molecule has 86 valence electrons. The van der Waals surface area contributed by atoms with Gasteiger partial charge in [0.1, 0.15) is 0 Å². The first kappa shape index (κ1) is 10.9. The monoisotopic (exact) mass is 213 g/mol. The fraction of sp³-hybridized carbons (Fsp3) is 0.909. The molecular weight excluding hydrogens is 194 g/mol. The maximum absolute atomic E-state index is 11.3. The molecule has 1 N–H and O–H groups in total. The lowest BCUT2D eigenvalue weighted by Crippen LogP contribution is -2.22. The van der Waals surface area contributed by atoms with E-state index in [2.05, 4.69) is 5.32 Å². The lowest BCUT2D eigenvalue weighted by atomic mass is 10.1. The Labute approximate surface area is 90.3 Å². The summed E-state index contributed by atoms with van der Waals surface area (Å²) in [6.45, 7) is 2.84. The molecule has 0 spiro atoms. The van der Waals surface area contributed by atoms with Gasteiger partial charge >= 0.3 is 5.97 Å². The Kier molecular flexibility index (Phi) is 3.97. The first-order valence-corrected chi connectivity index (χ1v) is 5.81. The van der Waals surface area contributed by atoms with Crippen LogP contribution in [-0.2, 0) is 14.3 Å². The summed E-state index contributed by atoms with van der Waals surface area (Å²) < 4.78 is 10.4. The number of hydrogen-bond acceptors (Lipinski definition) is 4. The second-order valence-corrected chi connectivity index (χ2v) is 4.39. The Morgan fingerprint density at radius 2 is 2.27 bits per heavy atom. The number of rotatable bonds is 6. The number of carbonyl (C=O) groups excluding carboxylic acids is 1. The van der Waals surface area contributed by atoms with Crippen LogP contribution in [0.1, 0.15) is 25.7 Å². The van der Waals surface area contributed by atoms with E-state index in [-0.39, 0.29) is 5.97 Å². The third-order valence-corrected chi connectivity index (χ3v) is 2.84. The van der Waals surface area contributed by atoms with Crippen LogP contribution in [0, 0.1) is 5.92 Å². The molecule has 2 aliphatic rings. The van der Waals surface area contributed by atoms with Gasteiger partial charge in [0.2, 0.25) is 0 Å². The first-order valence-electron chi connectivity index (χ1n) is 5.81. The van der Waals surface area contributed by atoms with Crippen LogP contribution >= 0.6 is 0 Å². The third kappa shape index (κ3) is 4.18. The van der Waals surface area contributed by atoms with Gasteiger partial charge in [0, 0.05) is 25.1 Å². The van der Waals surface area contributed by atoms with E-state index in [0.717, 1.165) is 26.2 Å². The predicted molar refractivity (Wildman–Crippen MR) is 55.5 cm³/mol. The maximum Gasteiger partial charge on any atom is 0.307 e. The maximum atomic E-state index is 11.3. The van der Waals surface area contributed by atoms with Gasteiger partial charge in [-0.05, 0) is 19.3 Å². The molecule has 2 fully saturated rings.